The van der Waals surface area contributed by atoms with Crippen LogP contribution in [-0.2, 0) is 4.74 Å². The van der Waals surface area contributed by atoms with Gasteiger partial charge in [-0.05, 0) is 75.3 Å². The summed E-state index contributed by atoms with van der Waals surface area (Å²) in [5.41, 5.74) is 3.02. The van der Waals surface area contributed by atoms with E-state index in [2.05, 4.69) is 22.2 Å². The van der Waals surface area contributed by atoms with Crippen LogP contribution >= 0.6 is 0 Å². The molecule has 6 rings (SSSR count). The first kappa shape index (κ1) is 29.3. The number of likely N-dealkylation sites (N-methyl/N-ethyl adjacent to an activating group) is 1. The molecule has 228 valence electrons. The molecular formula is C33H42N6O4. The standard InChI is InChI=1S/C33H42N6O4/c1-37-13-15-38(16-14-37)31-11-10-25(20-34-31)30-18-28(27-4-2-3-5-29(27)36-30)32(40)35-19-23-6-8-24(9-7-23)21-39(33(41)42)26-12-17-43-22-26/h2-5,10-11,18,20,23-24,26H,6-9,12-17,19,21-22H2,1H3,(H,35,40)(H,41,42)/t23?,24?,26-/m0/s1. The molecule has 2 aromatic heterocycles. The van der Waals surface area contributed by atoms with E-state index < -0.39 is 6.09 Å². The Bertz CT molecular complexity index is 1410. The van der Waals surface area contributed by atoms with Crippen molar-refractivity contribution in [3.63, 3.8) is 0 Å². The number of pyridine rings is 2. The minimum absolute atomic E-state index is 0.0275. The molecule has 4 heterocycles. The van der Waals surface area contributed by atoms with Crippen molar-refractivity contribution >= 4 is 28.7 Å². The Morgan fingerprint density at radius 1 is 1.02 bits per heavy atom. The maximum Gasteiger partial charge on any atom is 0.407 e. The number of carbonyl (C=O) groups is 2. The fourth-order valence-electron chi connectivity index (χ4n) is 6.65. The zero-order chi connectivity index (χ0) is 29.8. The molecule has 3 aliphatic rings. The SMILES string of the molecule is CN1CCN(c2ccc(-c3cc(C(=O)NCC4CCC(CN(C(=O)O)[C@H]5CCOC5)CC4)c4ccccc4n3)cn2)CC1. The van der Waals surface area contributed by atoms with Crippen LogP contribution in [0.1, 0.15) is 42.5 Å². The fourth-order valence-corrected chi connectivity index (χ4v) is 6.65. The average molecular weight is 587 g/mol. The van der Waals surface area contributed by atoms with E-state index in [1.165, 1.54) is 0 Å². The molecular weight excluding hydrogens is 544 g/mol. The Kier molecular flexibility index (Phi) is 9.04. The Morgan fingerprint density at radius 2 is 1.79 bits per heavy atom. The molecule has 2 N–H and O–H groups in total. The summed E-state index contributed by atoms with van der Waals surface area (Å²) in [6, 6.07) is 13.7. The van der Waals surface area contributed by atoms with E-state index in [1.807, 2.05) is 48.7 Å². The van der Waals surface area contributed by atoms with Crippen LogP contribution < -0.4 is 10.2 Å². The van der Waals surface area contributed by atoms with Crippen LogP contribution in [0.25, 0.3) is 22.2 Å². The van der Waals surface area contributed by atoms with Crippen LogP contribution in [0, 0.1) is 11.8 Å². The summed E-state index contributed by atoms with van der Waals surface area (Å²) < 4.78 is 5.42. The molecule has 10 nitrogen and oxygen atoms in total. The number of nitrogens with zero attached hydrogens (tertiary/aromatic N) is 5. The summed E-state index contributed by atoms with van der Waals surface area (Å²) in [6.07, 6.45) is 5.68. The molecule has 3 fully saturated rings. The number of ether oxygens (including phenoxy) is 1. The van der Waals surface area contributed by atoms with Gasteiger partial charge in [-0.25, -0.2) is 14.8 Å². The molecule has 0 spiro atoms. The molecule has 2 aliphatic heterocycles. The average Bonchev–Trinajstić information content (AvgIpc) is 3.57. The highest BCUT2D eigenvalue weighted by molar-refractivity contribution is 6.07. The minimum atomic E-state index is -0.851. The van der Waals surface area contributed by atoms with Crippen LogP contribution in [0.2, 0.25) is 0 Å². The highest BCUT2D eigenvalue weighted by Crippen LogP contribution is 2.31. The highest BCUT2D eigenvalue weighted by atomic mass is 16.5. The van der Waals surface area contributed by atoms with E-state index in [9.17, 15) is 14.7 Å². The molecule has 1 saturated carbocycles. The van der Waals surface area contributed by atoms with E-state index in [0.29, 0.717) is 43.7 Å². The molecule has 1 atom stereocenters. The number of amides is 2. The van der Waals surface area contributed by atoms with Crippen molar-refractivity contribution in [3.05, 3.63) is 54.2 Å². The summed E-state index contributed by atoms with van der Waals surface area (Å²) in [5.74, 6) is 1.61. The number of fused-ring (bicyclic) bond motifs is 1. The number of benzene rings is 1. The van der Waals surface area contributed by atoms with Crippen LogP contribution in [-0.4, -0.2) is 102 Å². The normalized spacial score (nSPS) is 22.9. The van der Waals surface area contributed by atoms with Crippen LogP contribution in [0.3, 0.4) is 0 Å². The third-order valence-electron chi connectivity index (χ3n) is 9.40. The van der Waals surface area contributed by atoms with E-state index in [0.717, 1.165) is 86.3 Å². The van der Waals surface area contributed by atoms with Gasteiger partial charge in [0.05, 0.1) is 29.4 Å². The lowest BCUT2D eigenvalue weighted by atomic mass is 9.81. The van der Waals surface area contributed by atoms with Crippen molar-refractivity contribution in [1.29, 1.82) is 0 Å². The second-order valence-corrected chi connectivity index (χ2v) is 12.3. The topological polar surface area (TPSA) is 111 Å². The molecule has 2 saturated heterocycles. The van der Waals surface area contributed by atoms with E-state index in [1.54, 1.807) is 4.90 Å². The number of rotatable bonds is 8. The summed E-state index contributed by atoms with van der Waals surface area (Å²) in [5, 5.41) is 13.8. The highest BCUT2D eigenvalue weighted by Gasteiger charge is 2.31. The van der Waals surface area contributed by atoms with E-state index in [4.69, 9.17) is 14.7 Å². The second-order valence-electron chi connectivity index (χ2n) is 12.3. The van der Waals surface area contributed by atoms with Crippen LogP contribution in [0.5, 0.6) is 0 Å². The van der Waals surface area contributed by atoms with Gasteiger partial charge in [-0.2, -0.15) is 0 Å². The molecule has 3 aromatic rings. The smallest absolute Gasteiger partial charge is 0.407 e. The number of aromatic nitrogens is 2. The first-order valence-electron chi connectivity index (χ1n) is 15.6. The van der Waals surface area contributed by atoms with Gasteiger partial charge >= 0.3 is 6.09 Å². The third kappa shape index (κ3) is 6.91. The molecule has 1 aromatic carbocycles. The van der Waals surface area contributed by atoms with Crippen molar-refractivity contribution in [2.45, 2.75) is 38.1 Å². The molecule has 1 aliphatic carbocycles. The van der Waals surface area contributed by atoms with Gasteiger partial charge in [0.25, 0.3) is 5.91 Å². The van der Waals surface area contributed by atoms with Gasteiger partial charge in [-0.15, -0.1) is 0 Å². The number of piperazine rings is 1. The van der Waals surface area contributed by atoms with E-state index in [-0.39, 0.29) is 11.9 Å². The van der Waals surface area contributed by atoms with Crippen molar-refractivity contribution in [2.24, 2.45) is 11.8 Å². The number of nitrogens with one attached hydrogen (secondary N) is 1. The lowest BCUT2D eigenvalue weighted by molar-refractivity contribution is 0.0902. The largest absolute Gasteiger partial charge is 0.465 e. The van der Waals surface area contributed by atoms with Crippen molar-refractivity contribution in [1.82, 2.24) is 25.1 Å². The van der Waals surface area contributed by atoms with Crippen LogP contribution in [0.15, 0.2) is 48.7 Å². The third-order valence-corrected chi connectivity index (χ3v) is 9.40. The van der Waals surface area contributed by atoms with Gasteiger partial charge in [0.1, 0.15) is 5.82 Å². The van der Waals surface area contributed by atoms with Crippen LogP contribution in [0.4, 0.5) is 10.6 Å². The molecule has 0 unspecified atom stereocenters. The summed E-state index contributed by atoms with van der Waals surface area (Å²) in [4.78, 5) is 41.2. The molecule has 10 heteroatoms. The Morgan fingerprint density at radius 3 is 2.49 bits per heavy atom. The summed E-state index contributed by atoms with van der Waals surface area (Å²) in [6.45, 7) is 6.27. The lowest BCUT2D eigenvalue weighted by Gasteiger charge is -2.33. The number of hydrogen-bond donors (Lipinski definition) is 2. The molecule has 2 amide bonds. The number of carbonyl (C=O) groups excluding carboxylic acids is 1. The van der Waals surface area contributed by atoms with Gasteiger partial charge in [0.2, 0.25) is 0 Å². The maximum absolute atomic E-state index is 13.6. The monoisotopic (exact) mass is 586 g/mol. The minimum Gasteiger partial charge on any atom is -0.465 e. The second kappa shape index (κ2) is 13.3. The van der Waals surface area contributed by atoms with Gasteiger partial charge < -0.3 is 29.9 Å². The van der Waals surface area contributed by atoms with Gasteiger partial charge in [-0.1, -0.05) is 18.2 Å². The maximum atomic E-state index is 13.6. The Balaban J connectivity index is 1.09. The van der Waals surface area contributed by atoms with Gasteiger partial charge in [0.15, 0.2) is 0 Å². The summed E-state index contributed by atoms with van der Waals surface area (Å²) in [7, 11) is 2.14. The zero-order valence-electron chi connectivity index (χ0n) is 25.0. The zero-order valence-corrected chi connectivity index (χ0v) is 25.0. The van der Waals surface area contributed by atoms with Gasteiger partial charge in [0, 0.05) is 63.0 Å². The van der Waals surface area contributed by atoms with Crippen molar-refractivity contribution < 1.29 is 19.4 Å². The summed E-state index contributed by atoms with van der Waals surface area (Å²) >= 11 is 0. The quantitative estimate of drug-likeness (QED) is 0.401. The van der Waals surface area contributed by atoms with E-state index >= 15 is 0 Å². The lowest BCUT2D eigenvalue weighted by Crippen LogP contribution is -2.44. The first-order chi connectivity index (χ1) is 20.9. The van der Waals surface area contributed by atoms with Crippen molar-refractivity contribution in [3.8, 4) is 11.3 Å². The number of anilines is 1. The molecule has 43 heavy (non-hydrogen) atoms. The van der Waals surface area contributed by atoms with Crippen molar-refractivity contribution in [2.75, 3.05) is 64.4 Å². The first-order valence-corrected chi connectivity index (χ1v) is 15.6. The molecule has 0 bridgehead atoms. The predicted molar refractivity (Wildman–Crippen MR) is 166 cm³/mol. The Hall–Kier alpha value is -3.76. The number of hydrogen-bond acceptors (Lipinski definition) is 7. The Labute approximate surface area is 253 Å². The predicted octanol–water partition coefficient (Wildman–Crippen LogP) is 4.35. The molecule has 0 radical (unpaired) electrons. The fraction of sp³-hybridized carbons (Fsp3) is 0.515. The van der Waals surface area contributed by atoms with Gasteiger partial charge in [-0.3, -0.25) is 4.79 Å². The number of para-hydroxylation sites is 1. The number of carboxylic acid groups (broad SMARTS) is 1.